The summed E-state index contributed by atoms with van der Waals surface area (Å²) < 4.78 is 17.1. The fraction of sp³-hybridized carbons (Fsp3) is 0.960. The average Bonchev–Trinajstić information content (AvgIpc) is 2.74. The molecule has 0 fully saturated rings. The molecule has 0 aromatic carbocycles. The third-order valence-electron chi connectivity index (χ3n) is 6.12. The van der Waals surface area contributed by atoms with Gasteiger partial charge in [0.2, 0.25) is 0 Å². The molecule has 3 unspecified atom stereocenters. The zero-order valence-corrected chi connectivity index (χ0v) is 20.3. The van der Waals surface area contributed by atoms with E-state index in [-0.39, 0.29) is 24.7 Å². The Labute approximate surface area is 186 Å². The first-order valence-electron chi connectivity index (χ1n) is 12.4. The Morgan fingerprint density at radius 1 is 0.633 bits per heavy atom. The van der Waals surface area contributed by atoms with Gasteiger partial charge < -0.3 is 19.3 Å². The lowest BCUT2D eigenvalue weighted by Crippen LogP contribution is -2.22. The monoisotopic (exact) mass is 430 g/mol. The molecule has 0 bridgehead atoms. The summed E-state index contributed by atoms with van der Waals surface area (Å²) in [6.07, 6.45) is 19.4. The van der Waals surface area contributed by atoms with Crippen molar-refractivity contribution in [3.8, 4) is 0 Å². The Bertz CT molecular complexity index is 375. The lowest BCUT2D eigenvalue weighted by molar-refractivity contribution is -0.137. The molecule has 0 spiro atoms. The molecule has 0 aromatic heterocycles. The predicted octanol–water partition coefficient (Wildman–Crippen LogP) is 6.77. The van der Waals surface area contributed by atoms with Crippen LogP contribution in [-0.4, -0.2) is 50.7 Å². The first-order chi connectivity index (χ1) is 14.6. The largest absolute Gasteiger partial charge is 0.481 e. The standard InChI is InChI=1S/C25H50O5/c1-5-6-7-8-9-10-12-17-23(29-3)21-24(30-4)19-15-18-22(28-2)16-13-11-14-20-25(26)27/h22-24H,5-21H2,1-4H3,(H,26,27). The van der Waals surface area contributed by atoms with Crippen molar-refractivity contribution in [2.45, 2.75) is 134 Å². The van der Waals surface area contributed by atoms with Crippen LogP contribution < -0.4 is 0 Å². The molecule has 0 aromatic rings. The molecule has 5 heteroatoms. The molecule has 0 radical (unpaired) electrons. The van der Waals surface area contributed by atoms with E-state index in [9.17, 15) is 4.79 Å². The van der Waals surface area contributed by atoms with Crippen LogP contribution in [0, 0.1) is 0 Å². The minimum Gasteiger partial charge on any atom is -0.481 e. The highest BCUT2D eigenvalue weighted by Crippen LogP contribution is 2.20. The topological polar surface area (TPSA) is 65.0 Å². The summed E-state index contributed by atoms with van der Waals surface area (Å²) in [4.78, 5) is 10.6. The zero-order chi connectivity index (χ0) is 22.5. The van der Waals surface area contributed by atoms with E-state index >= 15 is 0 Å². The average molecular weight is 431 g/mol. The SMILES string of the molecule is CCCCCCCCCC(CC(CCCC(CCCCCC(=O)O)OC)OC)OC. The number of unbranched alkanes of at least 4 members (excludes halogenated alkanes) is 8. The van der Waals surface area contributed by atoms with Crippen LogP contribution in [0.2, 0.25) is 0 Å². The number of hydrogen-bond donors (Lipinski definition) is 1. The Morgan fingerprint density at radius 3 is 1.60 bits per heavy atom. The van der Waals surface area contributed by atoms with Crippen molar-refractivity contribution >= 4 is 5.97 Å². The van der Waals surface area contributed by atoms with Crippen molar-refractivity contribution < 1.29 is 24.1 Å². The van der Waals surface area contributed by atoms with E-state index in [2.05, 4.69) is 6.92 Å². The van der Waals surface area contributed by atoms with Crippen LogP contribution >= 0.6 is 0 Å². The molecule has 0 aliphatic heterocycles. The van der Waals surface area contributed by atoms with Crippen molar-refractivity contribution in [2.24, 2.45) is 0 Å². The molecule has 1 N–H and O–H groups in total. The highest BCUT2D eigenvalue weighted by Gasteiger charge is 2.17. The van der Waals surface area contributed by atoms with Gasteiger partial charge in [-0.05, 0) is 44.9 Å². The van der Waals surface area contributed by atoms with Crippen LogP contribution in [0.25, 0.3) is 0 Å². The Balaban J connectivity index is 3.94. The second-order valence-electron chi connectivity index (χ2n) is 8.64. The van der Waals surface area contributed by atoms with Gasteiger partial charge in [0.05, 0.1) is 18.3 Å². The summed E-state index contributed by atoms with van der Waals surface area (Å²) >= 11 is 0. The van der Waals surface area contributed by atoms with Crippen LogP contribution in [0.4, 0.5) is 0 Å². The number of aliphatic carboxylic acids is 1. The summed E-state index contributed by atoms with van der Waals surface area (Å²) in [7, 11) is 5.41. The Kier molecular flexibility index (Phi) is 21.1. The van der Waals surface area contributed by atoms with Crippen molar-refractivity contribution in [1.82, 2.24) is 0 Å². The van der Waals surface area contributed by atoms with Crippen molar-refractivity contribution in [3.63, 3.8) is 0 Å². The molecule has 3 atom stereocenters. The zero-order valence-electron chi connectivity index (χ0n) is 20.3. The van der Waals surface area contributed by atoms with Gasteiger partial charge in [0.15, 0.2) is 0 Å². The van der Waals surface area contributed by atoms with E-state index in [0.717, 1.165) is 57.8 Å². The first kappa shape index (κ1) is 29.4. The molecular weight excluding hydrogens is 380 g/mol. The van der Waals surface area contributed by atoms with Gasteiger partial charge in [0.25, 0.3) is 0 Å². The summed E-state index contributed by atoms with van der Waals surface area (Å²) in [6.45, 7) is 2.26. The number of carboxylic acid groups (broad SMARTS) is 1. The number of carboxylic acids is 1. The fourth-order valence-corrected chi connectivity index (χ4v) is 4.06. The number of carbonyl (C=O) groups is 1. The highest BCUT2D eigenvalue weighted by atomic mass is 16.5. The Hall–Kier alpha value is -0.650. The third kappa shape index (κ3) is 18.1. The van der Waals surface area contributed by atoms with Crippen LogP contribution in [0.3, 0.4) is 0 Å². The lowest BCUT2D eigenvalue weighted by atomic mass is 9.98. The molecule has 0 aliphatic carbocycles. The lowest BCUT2D eigenvalue weighted by Gasteiger charge is -2.23. The molecule has 0 amide bonds. The number of ether oxygens (including phenoxy) is 3. The summed E-state index contributed by atoms with van der Waals surface area (Å²) in [5, 5.41) is 8.69. The second kappa shape index (κ2) is 21.6. The number of rotatable bonds is 23. The van der Waals surface area contributed by atoms with Crippen LogP contribution in [0.15, 0.2) is 0 Å². The summed E-state index contributed by atoms with van der Waals surface area (Å²) in [6, 6.07) is 0. The maximum Gasteiger partial charge on any atom is 0.303 e. The van der Waals surface area contributed by atoms with Crippen LogP contribution in [0.1, 0.15) is 116 Å². The van der Waals surface area contributed by atoms with Crippen molar-refractivity contribution in [1.29, 1.82) is 0 Å². The minimum atomic E-state index is -0.703. The van der Waals surface area contributed by atoms with Gasteiger partial charge in [-0.1, -0.05) is 64.7 Å². The molecule has 0 heterocycles. The quantitative estimate of drug-likeness (QED) is 0.181. The van der Waals surface area contributed by atoms with Gasteiger partial charge in [-0.25, -0.2) is 0 Å². The minimum absolute atomic E-state index is 0.243. The number of hydrogen-bond acceptors (Lipinski definition) is 4. The Morgan fingerprint density at radius 2 is 1.07 bits per heavy atom. The third-order valence-corrected chi connectivity index (χ3v) is 6.12. The molecule has 5 nitrogen and oxygen atoms in total. The van der Waals surface area contributed by atoms with E-state index in [0.29, 0.717) is 0 Å². The maximum atomic E-state index is 10.6. The normalized spacial score (nSPS) is 14.5. The van der Waals surface area contributed by atoms with Gasteiger partial charge in [0, 0.05) is 27.8 Å². The maximum absolute atomic E-state index is 10.6. The molecule has 0 rings (SSSR count). The molecule has 30 heavy (non-hydrogen) atoms. The summed E-state index contributed by atoms with van der Waals surface area (Å²) in [5.41, 5.74) is 0. The van der Waals surface area contributed by atoms with Crippen molar-refractivity contribution in [3.05, 3.63) is 0 Å². The van der Waals surface area contributed by atoms with Gasteiger partial charge in [-0.3, -0.25) is 4.79 Å². The molecule has 180 valence electrons. The smallest absolute Gasteiger partial charge is 0.303 e. The molecule has 0 saturated heterocycles. The molecular formula is C25H50O5. The van der Waals surface area contributed by atoms with Crippen molar-refractivity contribution in [2.75, 3.05) is 21.3 Å². The van der Waals surface area contributed by atoms with Crippen LogP contribution in [-0.2, 0) is 19.0 Å². The highest BCUT2D eigenvalue weighted by molar-refractivity contribution is 5.66. The first-order valence-corrected chi connectivity index (χ1v) is 12.4. The van der Waals surface area contributed by atoms with E-state index in [1.807, 2.05) is 7.11 Å². The molecule has 0 aliphatic rings. The van der Waals surface area contributed by atoms with E-state index < -0.39 is 5.97 Å². The second-order valence-corrected chi connectivity index (χ2v) is 8.64. The predicted molar refractivity (Wildman–Crippen MR) is 124 cm³/mol. The van der Waals surface area contributed by atoms with E-state index in [4.69, 9.17) is 19.3 Å². The fourth-order valence-electron chi connectivity index (χ4n) is 4.06. The van der Waals surface area contributed by atoms with Gasteiger partial charge in [-0.15, -0.1) is 0 Å². The van der Waals surface area contributed by atoms with Gasteiger partial charge in [-0.2, -0.15) is 0 Å². The van der Waals surface area contributed by atoms with Gasteiger partial charge in [0.1, 0.15) is 0 Å². The number of methoxy groups -OCH3 is 3. The molecule has 0 saturated carbocycles. The summed E-state index contributed by atoms with van der Waals surface area (Å²) in [5.74, 6) is -0.703. The van der Waals surface area contributed by atoms with Crippen LogP contribution in [0.5, 0.6) is 0 Å². The van der Waals surface area contributed by atoms with E-state index in [1.165, 1.54) is 44.9 Å². The van der Waals surface area contributed by atoms with Gasteiger partial charge >= 0.3 is 5.97 Å². The van der Waals surface area contributed by atoms with E-state index in [1.54, 1.807) is 14.2 Å².